The lowest BCUT2D eigenvalue weighted by Gasteiger charge is -2.07. The Morgan fingerprint density at radius 3 is 2.62 bits per heavy atom. The maximum absolute atomic E-state index is 5.27. The summed E-state index contributed by atoms with van der Waals surface area (Å²) < 4.78 is 10.5. The molecule has 0 aliphatic carbocycles. The minimum Gasteiger partial charge on any atom is -0.493 e. The highest BCUT2D eigenvalue weighted by atomic mass is 16.5. The Kier molecular flexibility index (Phi) is 3.55. The van der Waals surface area contributed by atoms with E-state index < -0.39 is 0 Å². The van der Waals surface area contributed by atoms with Gasteiger partial charge < -0.3 is 14.5 Å². The average Bonchev–Trinajstić information content (AvgIpc) is 2.95. The van der Waals surface area contributed by atoms with Crippen LogP contribution in [0.2, 0.25) is 0 Å². The number of hydrogen-bond acceptors (Lipinski definition) is 4. The highest BCUT2D eigenvalue weighted by Gasteiger charge is 2.03. The van der Waals surface area contributed by atoms with E-state index in [1.54, 1.807) is 20.4 Å². The summed E-state index contributed by atoms with van der Waals surface area (Å²) in [5, 5.41) is 0. The predicted octanol–water partition coefficient (Wildman–Crippen LogP) is 3.33. The first kappa shape index (κ1) is 13.2. The fraction of sp³-hybridized carbons (Fsp3) is 0.125. The summed E-state index contributed by atoms with van der Waals surface area (Å²) in [6, 6.07) is 13.4. The van der Waals surface area contributed by atoms with Crippen LogP contribution in [0.25, 0.3) is 11.0 Å². The Hall–Kier alpha value is -2.82. The van der Waals surface area contributed by atoms with Gasteiger partial charge in [-0.25, -0.2) is 9.98 Å². The molecule has 0 unspecified atom stereocenters. The zero-order chi connectivity index (χ0) is 14.7. The number of nitrogens with one attached hydrogen (secondary N) is 1. The van der Waals surface area contributed by atoms with E-state index in [-0.39, 0.29) is 0 Å². The number of H-pyrrole nitrogens is 1. The summed E-state index contributed by atoms with van der Waals surface area (Å²) in [6.07, 6.45) is 1.74. The third kappa shape index (κ3) is 2.72. The molecule has 0 radical (unpaired) electrons. The van der Waals surface area contributed by atoms with E-state index in [2.05, 4.69) is 15.0 Å². The highest BCUT2D eigenvalue weighted by molar-refractivity contribution is 5.84. The number of rotatable bonds is 4. The van der Waals surface area contributed by atoms with Crippen LogP contribution in [0.5, 0.6) is 11.5 Å². The Morgan fingerprint density at radius 1 is 1.05 bits per heavy atom. The Bertz CT molecular complexity index is 760. The standard InChI is InChI=1S/C16H15N3O2/c1-20-14-8-7-11(9-15(14)21-2)10-17-16-18-12-5-3-4-6-13(12)19-16/h3-10H,1-2H3,(H,18,19)/b17-10+. The number of aliphatic imine (C=N–C) groups is 1. The number of para-hydroxylation sites is 2. The van der Waals surface area contributed by atoms with Crippen LogP contribution in [-0.2, 0) is 0 Å². The van der Waals surface area contributed by atoms with Gasteiger partial charge in [0.15, 0.2) is 11.5 Å². The van der Waals surface area contributed by atoms with E-state index in [1.807, 2.05) is 42.5 Å². The molecule has 0 fully saturated rings. The van der Waals surface area contributed by atoms with E-state index >= 15 is 0 Å². The molecule has 21 heavy (non-hydrogen) atoms. The van der Waals surface area contributed by atoms with E-state index in [0.29, 0.717) is 17.4 Å². The number of benzene rings is 2. The molecule has 2 aromatic carbocycles. The largest absolute Gasteiger partial charge is 0.493 e. The molecule has 1 N–H and O–H groups in total. The van der Waals surface area contributed by atoms with Crippen molar-refractivity contribution in [3.05, 3.63) is 48.0 Å². The molecule has 1 heterocycles. The zero-order valence-corrected chi connectivity index (χ0v) is 11.8. The first-order chi connectivity index (χ1) is 10.3. The topological polar surface area (TPSA) is 59.5 Å². The first-order valence-corrected chi connectivity index (χ1v) is 6.51. The Labute approximate surface area is 122 Å². The van der Waals surface area contributed by atoms with Crippen molar-refractivity contribution in [2.45, 2.75) is 0 Å². The number of aromatic nitrogens is 2. The third-order valence-electron chi connectivity index (χ3n) is 3.12. The summed E-state index contributed by atoms with van der Waals surface area (Å²) in [5.74, 6) is 1.94. The summed E-state index contributed by atoms with van der Waals surface area (Å²) in [7, 11) is 3.22. The van der Waals surface area contributed by atoms with Crippen molar-refractivity contribution in [3.8, 4) is 11.5 Å². The van der Waals surface area contributed by atoms with Gasteiger partial charge in [0.05, 0.1) is 25.3 Å². The molecule has 3 rings (SSSR count). The van der Waals surface area contributed by atoms with E-state index in [9.17, 15) is 0 Å². The van der Waals surface area contributed by atoms with Crippen molar-refractivity contribution < 1.29 is 9.47 Å². The third-order valence-corrected chi connectivity index (χ3v) is 3.12. The summed E-state index contributed by atoms with van der Waals surface area (Å²) in [5.41, 5.74) is 2.78. The lowest BCUT2D eigenvalue weighted by Crippen LogP contribution is -1.92. The molecule has 3 aromatic rings. The van der Waals surface area contributed by atoms with Crippen LogP contribution < -0.4 is 9.47 Å². The van der Waals surface area contributed by atoms with Gasteiger partial charge in [-0.2, -0.15) is 0 Å². The van der Waals surface area contributed by atoms with Crippen LogP contribution in [0.15, 0.2) is 47.5 Å². The second-order valence-corrected chi connectivity index (χ2v) is 4.45. The minimum atomic E-state index is 0.575. The maximum atomic E-state index is 5.27. The number of fused-ring (bicyclic) bond motifs is 1. The van der Waals surface area contributed by atoms with Crippen molar-refractivity contribution in [1.29, 1.82) is 0 Å². The van der Waals surface area contributed by atoms with E-state index in [0.717, 1.165) is 16.6 Å². The van der Waals surface area contributed by atoms with Gasteiger partial charge in [-0.3, -0.25) is 0 Å². The lowest BCUT2D eigenvalue weighted by atomic mass is 10.2. The number of imidazole rings is 1. The van der Waals surface area contributed by atoms with Crippen molar-refractivity contribution in [3.63, 3.8) is 0 Å². The fourth-order valence-electron chi connectivity index (χ4n) is 2.07. The van der Waals surface area contributed by atoms with Crippen LogP contribution in [-0.4, -0.2) is 30.4 Å². The van der Waals surface area contributed by atoms with Gasteiger partial charge in [0, 0.05) is 6.21 Å². The second-order valence-electron chi connectivity index (χ2n) is 4.45. The maximum Gasteiger partial charge on any atom is 0.227 e. The molecule has 0 aliphatic rings. The molecular weight excluding hydrogens is 266 g/mol. The molecular formula is C16H15N3O2. The van der Waals surface area contributed by atoms with E-state index in [1.165, 1.54) is 0 Å². The molecule has 1 aromatic heterocycles. The smallest absolute Gasteiger partial charge is 0.227 e. The van der Waals surface area contributed by atoms with Gasteiger partial charge in [-0.05, 0) is 35.9 Å². The Balaban J connectivity index is 1.88. The molecule has 0 bridgehead atoms. The molecule has 0 spiro atoms. The summed E-state index contributed by atoms with van der Waals surface area (Å²) >= 11 is 0. The highest BCUT2D eigenvalue weighted by Crippen LogP contribution is 2.27. The molecule has 0 amide bonds. The van der Waals surface area contributed by atoms with Crippen LogP contribution in [0.3, 0.4) is 0 Å². The number of hydrogen-bond donors (Lipinski definition) is 1. The lowest BCUT2D eigenvalue weighted by molar-refractivity contribution is 0.355. The molecule has 0 saturated carbocycles. The average molecular weight is 281 g/mol. The first-order valence-electron chi connectivity index (χ1n) is 6.51. The number of aromatic amines is 1. The van der Waals surface area contributed by atoms with Crippen LogP contribution in [0.1, 0.15) is 5.56 Å². The molecule has 5 nitrogen and oxygen atoms in total. The van der Waals surface area contributed by atoms with Crippen LogP contribution in [0, 0.1) is 0 Å². The number of methoxy groups -OCH3 is 2. The van der Waals surface area contributed by atoms with Gasteiger partial charge in [-0.1, -0.05) is 12.1 Å². The monoisotopic (exact) mass is 281 g/mol. The summed E-state index contributed by atoms with van der Waals surface area (Å²) in [4.78, 5) is 11.9. The van der Waals surface area contributed by atoms with Crippen molar-refractivity contribution in [1.82, 2.24) is 9.97 Å². The van der Waals surface area contributed by atoms with Crippen LogP contribution in [0.4, 0.5) is 5.95 Å². The van der Waals surface area contributed by atoms with Crippen molar-refractivity contribution >= 4 is 23.2 Å². The van der Waals surface area contributed by atoms with Gasteiger partial charge >= 0.3 is 0 Å². The normalized spacial score (nSPS) is 11.1. The molecule has 0 aliphatic heterocycles. The molecule has 5 heteroatoms. The van der Waals surface area contributed by atoms with Gasteiger partial charge in [0.1, 0.15) is 0 Å². The summed E-state index contributed by atoms with van der Waals surface area (Å²) in [6.45, 7) is 0. The molecule has 0 saturated heterocycles. The van der Waals surface area contributed by atoms with E-state index in [4.69, 9.17) is 9.47 Å². The zero-order valence-electron chi connectivity index (χ0n) is 11.8. The van der Waals surface area contributed by atoms with Crippen molar-refractivity contribution in [2.24, 2.45) is 4.99 Å². The minimum absolute atomic E-state index is 0.575. The van der Waals surface area contributed by atoms with Crippen LogP contribution >= 0.6 is 0 Å². The van der Waals surface area contributed by atoms with Gasteiger partial charge in [-0.15, -0.1) is 0 Å². The van der Waals surface area contributed by atoms with Crippen molar-refractivity contribution in [2.75, 3.05) is 14.2 Å². The Morgan fingerprint density at radius 2 is 1.86 bits per heavy atom. The molecule has 0 atom stereocenters. The molecule has 106 valence electrons. The quantitative estimate of drug-likeness (QED) is 0.746. The fourth-order valence-corrected chi connectivity index (χ4v) is 2.07. The number of ether oxygens (including phenoxy) is 2. The predicted molar refractivity (Wildman–Crippen MR) is 82.9 cm³/mol. The second kappa shape index (κ2) is 5.66. The SMILES string of the molecule is COc1ccc(/C=N/c2nc3ccccc3[nH]2)cc1OC. The number of nitrogens with zero attached hydrogens (tertiary/aromatic N) is 2. The van der Waals surface area contributed by atoms with Gasteiger partial charge in [0.25, 0.3) is 0 Å². The van der Waals surface area contributed by atoms with Gasteiger partial charge in [0.2, 0.25) is 5.95 Å².